The number of hydrogen-bond donors (Lipinski definition) is 0. The number of rotatable bonds is 2. The summed E-state index contributed by atoms with van der Waals surface area (Å²) in [5.41, 5.74) is -0.751. The maximum atomic E-state index is 12.6. The Hall–Kier alpha value is -1.77. The van der Waals surface area contributed by atoms with Crippen LogP contribution in [-0.4, -0.2) is 66.5 Å². The van der Waals surface area contributed by atoms with Gasteiger partial charge in [-0.15, -0.1) is 0 Å². The van der Waals surface area contributed by atoms with E-state index in [1.807, 2.05) is 0 Å². The van der Waals surface area contributed by atoms with Crippen LogP contribution in [0, 0.1) is 5.92 Å². The first-order chi connectivity index (χ1) is 12.2. The molecule has 0 aromatic carbocycles. The SMILES string of the molecule is CO[C@]12OCCO[C@H]1CC(=O)C[C@@H]2[C@H]1C=CC(=O)N1C(=O)OC(C)(C)C. The zero-order valence-corrected chi connectivity index (χ0v) is 15.5. The second-order valence-electron chi connectivity index (χ2n) is 7.73. The number of hydrogen-bond acceptors (Lipinski definition) is 7. The van der Waals surface area contributed by atoms with Gasteiger partial charge in [-0.05, 0) is 20.8 Å². The van der Waals surface area contributed by atoms with E-state index in [0.29, 0.717) is 13.2 Å². The lowest BCUT2D eigenvalue weighted by Gasteiger charge is -2.51. The number of carbonyl (C=O) groups is 3. The minimum absolute atomic E-state index is 0.0185. The quantitative estimate of drug-likeness (QED) is 0.729. The summed E-state index contributed by atoms with van der Waals surface area (Å²) in [4.78, 5) is 38.3. The van der Waals surface area contributed by atoms with E-state index in [2.05, 4.69) is 0 Å². The number of amides is 2. The van der Waals surface area contributed by atoms with Crippen molar-refractivity contribution in [2.45, 2.75) is 57.1 Å². The molecule has 2 amide bonds. The molecule has 3 rings (SSSR count). The number of ether oxygens (including phenoxy) is 4. The summed E-state index contributed by atoms with van der Waals surface area (Å²) < 4.78 is 22.7. The van der Waals surface area contributed by atoms with Gasteiger partial charge in [-0.2, -0.15) is 0 Å². The Labute approximate surface area is 152 Å². The average molecular weight is 367 g/mol. The van der Waals surface area contributed by atoms with Gasteiger partial charge in [0, 0.05) is 31.9 Å². The molecule has 144 valence electrons. The van der Waals surface area contributed by atoms with Crippen molar-refractivity contribution in [2.75, 3.05) is 20.3 Å². The highest BCUT2D eigenvalue weighted by Gasteiger charge is 2.59. The summed E-state index contributed by atoms with van der Waals surface area (Å²) in [7, 11) is 1.49. The zero-order valence-electron chi connectivity index (χ0n) is 15.5. The number of ketones is 1. The van der Waals surface area contributed by atoms with Crippen molar-refractivity contribution < 1.29 is 33.3 Å². The maximum Gasteiger partial charge on any atom is 0.417 e. The molecule has 3 aliphatic rings. The zero-order chi connectivity index (χ0) is 19.1. The first kappa shape index (κ1) is 19.0. The molecule has 4 atom stereocenters. The van der Waals surface area contributed by atoms with Crippen molar-refractivity contribution in [3.05, 3.63) is 12.2 Å². The second-order valence-corrected chi connectivity index (χ2v) is 7.73. The molecule has 2 heterocycles. The third kappa shape index (κ3) is 3.28. The Morgan fingerprint density at radius 2 is 2.00 bits per heavy atom. The lowest BCUT2D eigenvalue weighted by Crippen LogP contribution is -2.65. The van der Waals surface area contributed by atoms with E-state index in [9.17, 15) is 14.4 Å². The van der Waals surface area contributed by atoms with E-state index in [-0.39, 0.29) is 18.6 Å². The molecule has 0 aromatic rings. The Morgan fingerprint density at radius 3 is 2.65 bits per heavy atom. The fraction of sp³-hybridized carbons (Fsp3) is 0.722. The van der Waals surface area contributed by atoms with Crippen LogP contribution >= 0.6 is 0 Å². The first-order valence-corrected chi connectivity index (χ1v) is 8.75. The fourth-order valence-corrected chi connectivity index (χ4v) is 3.86. The van der Waals surface area contributed by atoms with Crippen LogP contribution in [-0.2, 0) is 28.5 Å². The summed E-state index contributed by atoms with van der Waals surface area (Å²) >= 11 is 0. The molecule has 26 heavy (non-hydrogen) atoms. The van der Waals surface area contributed by atoms with E-state index in [1.54, 1.807) is 26.8 Å². The normalized spacial score (nSPS) is 34.8. The predicted octanol–water partition coefficient (Wildman–Crippen LogP) is 1.43. The van der Waals surface area contributed by atoms with Crippen LogP contribution in [0.3, 0.4) is 0 Å². The molecule has 0 radical (unpaired) electrons. The lowest BCUT2D eigenvalue weighted by molar-refractivity contribution is -0.347. The number of fused-ring (bicyclic) bond motifs is 1. The number of nitrogens with zero attached hydrogens (tertiary/aromatic N) is 1. The molecule has 0 bridgehead atoms. The molecule has 1 saturated heterocycles. The average Bonchev–Trinajstić information content (AvgIpc) is 2.94. The maximum absolute atomic E-state index is 12.6. The number of Topliss-reactive ketones (excluding diaryl/α,β-unsaturated/α-hetero) is 1. The fourth-order valence-electron chi connectivity index (χ4n) is 3.86. The van der Waals surface area contributed by atoms with Gasteiger partial charge in [0.05, 0.1) is 19.3 Å². The van der Waals surface area contributed by atoms with Crippen molar-refractivity contribution in [1.82, 2.24) is 4.90 Å². The molecule has 0 aromatic heterocycles. The van der Waals surface area contributed by atoms with Crippen LogP contribution < -0.4 is 0 Å². The van der Waals surface area contributed by atoms with Crippen molar-refractivity contribution in [1.29, 1.82) is 0 Å². The van der Waals surface area contributed by atoms with Gasteiger partial charge < -0.3 is 18.9 Å². The molecular weight excluding hydrogens is 342 g/mol. The van der Waals surface area contributed by atoms with E-state index in [0.717, 1.165) is 4.90 Å². The minimum Gasteiger partial charge on any atom is -0.443 e. The predicted molar refractivity (Wildman–Crippen MR) is 89.2 cm³/mol. The van der Waals surface area contributed by atoms with Crippen molar-refractivity contribution in [3.8, 4) is 0 Å². The number of imide groups is 1. The summed E-state index contributed by atoms with van der Waals surface area (Å²) in [6.45, 7) is 5.85. The smallest absolute Gasteiger partial charge is 0.417 e. The van der Waals surface area contributed by atoms with Crippen LogP contribution in [0.1, 0.15) is 33.6 Å². The molecular formula is C18H25NO7. The summed E-state index contributed by atoms with van der Waals surface area (Å²) in [5, 5.41) is 0. The van der Waals surface area contributed by atoms with Gasteiger partial charge in [0.15, 0.2) is 0 Å². The molecule has 8 nitrogen and oxygen atoms in total. The van der Waals surface area contributed by atoms with Gasteiger partial charge in [0.1, 0.15) is 17.5 Å². The Bertz CT molecular complexity index is 638. The molecule has 1 aliphatic carbocycles. The van der Waals surface area contributed by atoms with E-state index in [1.165, 1.54) is 13.2 Å². The summed E-state index contributed by atoms with van der Waals surface area (Å²) in [6.07, 6.45) is 1.89. The standard InChI is InChI=1S/C18H25NO7/c1-17(2,3)26-16(22)19-13(5-6-15(19)21)12-9-11(20)10-14-18(12,23-4)25-8-7-24-14/h5-6,12-14H,7-10H2,1-4H3/t12-,13-,14+,18-/m1/s1. The van der Waals surface area contributed by atoms with Crippen molar-refractivity contribution >= 4 is 17.8 Å². The third-order valence-electron chi connectivity index (χ3n) is 4.85. The molecule has 1 saturated carbocycles. The van der Waals surface area contributed by atoms with Crippen molar-refractivity contribution in [2.24, 2.45) is 5.92 Å². The van der Waals surface area contributed by atoms with Gasteiger partial charge in [-0.1, -0.05) is 6.08 Å². The molecule has 2 fully saturated rings. The number of carbonyl (C=O) groups excluding carboxylic acids is 3. The lowest BCUT2D eigenvalue weighted by atomic mass is 9.75. The van der Waals surface area contributed by atoms with E-state index < -0.39 is 41.5 Å². The van der Waals surface area contributed by atoms with Crippen LogP contribution in [0.15, 0.2) is 12.2 Å². The summed E-state index contributed by atoms with van der Waals surface area (Å²) in [5.74, 6) is -2.27. The van der Waals surface area contributed by atoms with Crippen LogP contribution in [0.4, 0.5) is 4.79 Å². The Kier molecular flexibility index (Phi) is 4.94. The molecule has 0 unspecified atom stereocenters. The second kappa shape index (κ2) is 6.75. The van der Waals surface area contributed by atoms with Crippen LogP contribution in [0.25, 0.3) is 0 Å². The molecule has 2 aliphatic heterocycles. The molecule has 0 N–H and O–H groups in total. The number of methoxy groups -OCH3 is 1. The van der Waals surface area contributed by atoms with Gasteiger partial charge in [-0.25, -0.2) is 9.69 Å². The van der Waals surface area contributed by atoms with Gasteiger partial charge in [-0.3, -0.25) is 9.59 Å². The molecule has 0 spiro atoms. The van der Waals surface area contributed by atoms with Gasteiger partial charge >= 0.3 is 6.09 Å². The van der Waals surface area contributed by atoms with Gasteiger partial charge in [0.2, 0.25) is 5.79 Å². The topological polar surface area (TPSA) is 91.4 Å². The summed E-state index contributed by atoms with van der Waals surface area (Å²) in [6, 6.07) is -0.703. The van der Waals surface area contributed by atoms with Crippen LogP contribution in [0.2, 0.25) is 0 Å². The molecule has 8 heteroatoms. The monoisotopic (exact) mass is 367 g/mol. The van der Waals surface area contributed by atoms with Crippen molar-refractivity contribution in [3.63, 3.8) is 0 Å². The highest BCUT2D eigenvalue weighted by Crippen LogP contribution is 2.44. The third-order valence-corrected chi connectivity index (χ3v) is 4.85. The minimum atomic E-state index is -1.19. The first-order valence-electron chi connectivity index (χ1n) is 8.75. The Morgan fingerprint density at radius 1 is 1.27 bits per heavy atom. The van der Waals surface area contributed by atoms with Gasteiger partial charge in [0.25, 0.3) is 5.91 Å². The van der Waals surface area contributed by atoms with E-state index in [4.69, 9.17) is 18.9 Å². The highest BCUT2D eigenvalue weighted by molar-refractivity contribution is 6.01. The largest absolute Gasteiger partial charge is 0.443 e. The van der Waals surface area contributed by atoms with E-state index >= 15 is 0 Å². The highest BCUT2D eigenvalue weighted by atomic mass is 16.7. The Balaban J connectivity index is 1.93. The van der Waals surface area contributed by atoms with Crippen LogP contribution in [0.5, 0.6) is 0 Å².